The molecule has 3 aromatic carbocycles. The van der Waals surface area contributed by atoms with Crippen LogP contribution >= 0.6 is 0 Å². The number of hydrogen-bond donors (Lipinski definition) is 0. The fourth-order valence-corrected chi connectivity index (χ4v) is 4.54. The molecule has 0 bridgehead atoms. The Balaban J connectivity index is 1.46. The molecular weight excluding hydrogens is 535 g/mol. The Morgan fingerprint density at radius 3 is 2.26 bits per heavy atom. The fraction of sp³-hybridized carbons (Fsp3) is 0.371. The number of allylic oxidation sites excluding steroid dienone is 2. The van der Waals surface area contributed by atoms with Crippen molar-refractivity contribution in [2.45, 2.75) is 51.4 Å². The van der Waals surface area contributed by atoms with E-state index in [1.807, 2.05) is 24.3 Å². The molecule has 224 valence electrons. The fourth-order valence-electron chi connectivity index (χ4n) is 4.54. The summed E-state index contributed by atoms with van der Waals surface area (Å²) in [4.78, 5) is 23.2. The van der Waals surface area contributed by atoms with Gasteiger partial charge in [0.25, 0.3) is 0 Å². The molecule has 0 aliphatic heterocycles. The van der Waals surface area contributed by atoms with Gasteiger partial charge in [-0.05, 0) is 97.7 Å². The highest BCUT2D eigenvalue weighted by Crippen LogP contribution is 2.20. The Kier molecular flexibility index (Phi) is 14.1. The van der Waals surface area contributed by atoms with Crippen LogP contribution in [0.1, 0.15) is 60.0 Å². The summed E-state index contributed by atoms with van der Waals surface area (Å²) >= 11 is 0. The number of methoxy groups -OCH3 is 2. The van der Waals surface area contributed by atoms with Crippen molar-refractivity contribution in [3.8, 4) is 11.5 Å². The van der Waals surface area contributed by atoms with E-state index in [0.29, 0.717) is 36.9 Å². The third-order valence-corrected chi connectivity index (χ3v) is 6.85. The van der Waals surface area contributed by atoms with Crippen LogP contribution in [0.15, 0.2) is 84.9 Å². The van der Waals surface area contributed by atoms with Crippen molar-refractivity contribution >= 4 is 11.9 Å². The van der Waals surface area contributed by atoms with Crippen molar-refractivity contribution in [1.82, 2.24) is 0 Å². The first-order valence-electron chi connectivity index (χ1n) is 14.5. The van der Waals surface area contributed by atoms with Crippen LogP contribution in [0.2, 0.25) is 0 Å². The number of halogens is 1. The highest BCUT2D eigenvalue weighted by atomic mass is 19.1. The number of rotatable bonds is 18. The second-order valence-corrected chi connectivity index (χ2v) is 10.1. The van der Waals surface area contributed by atoms with E-state index in [4.69, 9.17) is 18.9 Å². The molecule has 0 aliphatic carbocycles. The third-order valence-electron chi connectivity index (χ3n) is 6.85. The minimum Gasteiger partial charge on any atom is -0.493 e. The number of esters is 2. The van der Waals surface area contributed by atoms with Gasteiger partial charge in [-0.15, -0.1) is 0 Å². The summed E-state index contributed by atoms with van der Waals surface area (Å²) in [7, 11) is 2.80. The van der Waals surface area contributed by atoms with E-state index < -0.39 is 0 Å². The molecule has 3 rings (SSSR count). The summed E-state index contributed by atoms with van der Waals surface area (Å²) in [5.41, 5.74) is 2.89. The molecule has 0 saturated carbocycles. The predicted molar refractivity (Wildman–Crippen MR) is 161 cm³/mol. The second kappa shape index (κ2) is 18.3. The molecule has 0 saturated heterocycles. The van der Waals surface area contributed by atoms with Gasteiger partial charge in [-0.25, -0.2) is 9.18 Å². The van der Waals surface area contributed by atoms with Crippen LogP contribution in [0.3, 0.4) is 0 Å². The Morgan fingerprint density at radius 2 is 1.55 bits per heavy atom. The van der Waals surface area contributed by atoms with Crippen LogP contribution in [0, 0.1) is 11.7 Å². The van der Waals surface area contributed by atoms with Crippen LogP contribution in [0.5, 0.6) is 11.5 Å². The van der Waals surface area contributed by atoms with Crippen LogP contribution in [0.4, 0.5) is 4.39 Å². The van der Waals surface area contributed by atoms with Crippen molar-refractivity contribution in [2.75, 3.05) is 27.4 Å². The van der Waals surface area contributed by atoms with E-state index in [9.17, 15) is 14.0 Å². The zero-order chi connectivity index (χ0) is 30.0. The maximum atomic E-state index is 13.0. The lowest BCUT2D eigenvalue weighted by Gasteiger charge is -2.13. The molecule has 0 aromatic heterocycles. The minimum atomic E-state index is -0.342. The zero-order valence-corrected chi connectivity index (χ0v) is 24.6. The summed E-state index contributed by atoms with van der Waals surface area (Å²) in [6.45, 7) is 1.03. The second-order valence-electron chi connectivity index (χ2n) is 10.1. The number of hydrogen-bond acceptors (Lipinski definition) is 6. The summed E-state index contributed by atoms with van der Waals surface area (Å²) in [5, 5.41) is 0. The molecule has 7 heteroatoms. The van der Waals surface area contributed by atoms with E-state index in [1.165, 1.54) is 31.9 Å². The number of carbonyl (C=O) groups excluding carboxylic acids is 2. The first-order valence-corrected chi connectivity index (χ1v) is 14.5. The molecular formula is C35H41FO6. The van der Waals surface area contributed by atoms with E-state index in [-0.39, 0.29) is 17.8 Å². The lowest BCUT2D eigenvalue weighted by molar-refractivity contribution is -0.140. The standard InChI is InChI=1S/C35H41FO6/c1-39-34(37)14-6-5-10-27(25-29-15-17-30(18-16-29)35(38)40-2)9-3-4-11-28-12-7-13-33(26-28)42-24-8-23-41-32-21-19-31(36)20-22-32/h3,7,9,12-13,15-22,26-27H,4-6,8,10-11,14,23-25H2,1-2H3/b9-3-. The SMILES string of the molecule is COC(=O)CCCCC(/C=C\CCc1cccc(OCCCOc2ccc(F)cc2)c1)Cc1ccc(C(=O)OC)cc1. The first-order chi connectivity index (χ1) is 20.5. The summed E-state index contributed by atoms with van der Waals surface area (Å²) in [6, 6.07) is 21.7. The molecule has 0 aliphatic rings. The molecule has 0 radical (unpaired) electrons. The molecule has 0 amide bonds. The van der Waals surface area contributed by atoms with Gasteiger partial charge in [0.2, 0.25) is 0 Å². The topological polar surface area (TPSA) is 71.1 Å². The highest BCUT2D eigenvalue weighted by molar-refractivity contribution is 5.89. The molecule has 0 N–H and O–H groups in total. The largest absolute Gasteiger partial charge is 0.493 e. The number of ether oxygens (including phenoxy) is 4. The van der Waals surface area contributed by atoms with Gasteiger partial charge in [0.1, 0.15) is 17.3 Å². The molecule has 0 heterocycles. The van der Waals surface area contributed by atoms with Gasteiger partial charge in [-0.2, -0.15) is 0 Å². The number of unbranched alkanes of at least 4 members (excludes halogenated alkanes) is 1. The molecule has 3 aromatic rings. The average molecular weight is 577 g/mol. The normalized spacial score (nSPS) is 11.7. The van der Waals surface area contributed by atoms with Crippen LogP contribution < -0.4 is 9.47 Å². The molecule has 0 spiro atoms. The molecule has 1 unspecified atom stereocenters. The Hall–Kier alpha value is -4.13. The van der Waals surface area contributed by atoms with E-state index in [2.05, 4.69) is 24.3 Å². The van der Waals surface area contributed by atoms with Crippen LogP contribution in [-0.2, 0) is 27.1 Å². The molecule has 6 nitrogen and oxygen atoms in total. The van der Waals surface area contributed by atoms with Gasteiger partial charge in [-0.1, -0.05) is 42.8 Å². The van der Waals surface area contributed by atoms with E-state index in [1.54, 1.807) is 24.3 Å². The van der Waals surface area contributed by atoms with Gasteiger partial charge in [0.15, 0.2) is 0 Å². The lowest BCUT2D eigenvalue weighted by Crippen LogP contribution is -2.05. The molecule has 1 atom stereocenters. The Bertz CT molecular complexity index is 1250. The minimum absolute atomic E-state index is 0.176. The maximum Gasteiger partial charge on any atom is 0.337 e. The maximum absolute atomic E-state index is 13.0. The number of aryl methyl sites for hydroxylation is 1. The van der Waals surface area contributed by atoms with Crippen molar-refractivity contribution in [1.29, 1.82) is 0 Å². The van der Waals surface area contributed by atoms with Crippen molar-refractivity contribution in [2.24, 2.45) is 5.92 Å². The highest BCUT2D eigenvalue weighted by Gasteiger charge is 2.10. The third kappa shape index (κ3) is 12.2. The van der Waals surface area contributed by atoms with Crippen LogP contribution in [-0.4, -0.2) is 39.4 Å². The smallest absolute Gasteiger partial charge is 0.337 e. The zero-order valence-electron chi connectivity index (χ0n) is 24.6. The van der Waals surface area contributed by atoms with Gasteiger partial charge in [0.05, 0.1) is 33.0 Å². The summed E-state index contributed by atoms with van der Waals surface area (Å²) < 4.78 is 34.1. The van der Waals surface area contributed by atoms with E-state index in [0.717, 1.165) is 56.3 Å². The number of benzene rings is 3. The Morgan fingerprint density at radius 1 is 0.810 bits per heavy atom. The van der Waals surface area contributed by atoms with Crippen molar-refractivity contribution in [3.63, 3.8) is 0 Å². The first kappa shape index (κ1) is 32.4. The van der Waals surface area contributed by atoms with Crippen LogP contribution in [0.25, 0.3) is 0 Å². The summed E-state index contributed by atoms with van der Waals surface area (Å²) in [5.74, 6) is 0.996. The monoisotopic (exact) mass is 576 g/mol. The lowest BCUT2D eigenvalue weighted by atomic mass is 9.92. The van der Waals surface area contributed by atoms with Gasteiger partial charge >= 0.3 is 11.9 Å². The van der Waals surface area contributed by atoms with Gasteiger partial charge in [0, 0.05) is 12.8 Å². The van der Waals surface area contributed by atoms with Gasteiger partial charge in [-0.3, -0.25) is 4.79 Å². The van der Waals surface area contributed by atoms with E-state index >= 15 is 0 Å². The Labute approximate surface area is 248 Å². The van der Waals surface area contributed by atoms with Gasteiger partial charge < -0.3 is 18.9 Å². The number of carbonyl (C=O) groups is 2. The molecule has 42 heavy (non-hydrogen) atoms. The van der Waals surface area contributed by atoms with Crippen molar-refractivity contribution < 1.29 is 32.9 Å². The van der Waals surface area contributed by atoms with Crippen molar-refractivity contribution in [3.05, 3.63) is 107 Å². The predicted octanol–water partition coefficient (Wildman–Crippen LogP) is 7.54. The summed E-state index contributed by atoms with van der Waals surface area (Å²) in [6.07, 6.45) is 11.0. The quantitative estimate of drug-likeness (QED) is 0.0885. The molecule has 0 fully saturated rings. The average Bonchev–Trinajstić information content (AvgIpc) is 3.02.